The van der Waals surface area contributed by atoms with Crippen molar-refractivity contribution in [3.05, 3.63) is 65.2 Å². The van der Waals surface area contributed by atoms with Crippen molar-refractivity contribution in [3.8, 4) is 0 Å². The molecule has 5 heteroatoms. The number of oxazole rings is 1. The molecule has 3 aromatic rings. The third kappa shape index (κ3) is 3.30. The van der Waals surface area contributed by atoms with Crippen LogP contribution in [0.25, 0.3) is 17.2 Å². The molecule has 0 aliphatic heterocycles. The van der Waals surface area contributed by atoms with Gasteiger partial charge in [-0.3, -0.25) is 10.1 Å². The van der Waals surface area contributed by atoms with E-state index in [1.54, 1.807) is 24.3 Å². The van der Waals surface area contributed by atoms with Gasteiger partial charge in [-0.2, -0.15) is 4.98 Å². The molecular formula is C16H11ClN2O2. The normalized spacial score (nSPS) is 11.1. The Labute approximate surface area is 126 Å². The van der Waals surface area contributed by atoms with Crippen molar-refractivity contribution < 1.29 is 9.21 Å². The summed E-state index contributed by atoms with van der Waals surface area (Å²) in [6.07, 6.45) is 3.10. The Balaban J connectivity index is 1.69. The molecule has 104 valence electrons. The lowest BCUT2D eigenvalue weighted by Crippen LogP contribution is -2.07. The quantitative estimate of drug-likeness (QED) is 0.740. The molecule has 0 aliphatic rings. The number of para-hydroxylation sites is 2. The maximum Gasteiger partial charge on any atom is 0.302 e. The summed E-state index contributed by atoms with van der Waals surface area (Å²) in [5.41, 5.74) is 2.22. The van der Waals surface area contributed by atoms with Gasteiger partial charge in [-0.25, -0.2) is 0 Å². The molecular weight excluding hydrogens is 288 g/mol. The smallest absolute Gasteiger partial charge is 0.302 e. The van der Waals surface area contributed by atoms with Crippen LogP contribution in [0.2, 0.25) is 5.02 Å². The average molecular weight is 299 g/mol. The van der Waals surface area contributed by atoms with E-state index < -0.39 is 0 Å². The van der Waals surface area contributed by atoms with Crippen LogP contribution in [0, 0.1) is 0 Å². The van der Waals surface area contributed by atoms with Gasteiger partial charge in [0.05, 0.1) is 0 Å². The summed E-state index contributed by atoms with van der Waals surface area (Å²) < 4.78 is 5.41. The molecule has 0 fully saturated rings. The maximum atomic E-state index is 11.8. The molecule has 0 bridgehead atoms. The van der Waals surface area contributed by atoms with E-state index in [1.807, 2.05) is 30.3 Å². The molecule has 0 unspecified atom stereocenters. The van der Waals surface area contributed by atoms with E-state index in [-0.39, 0.29) is 11.9 Å². The summed E-state index contributed by atoms with van der Waals surface area (Å²) in [5.74, 6) is -0.309. The molecule has 1 N–H and O–H groups in total. The largest absolute Gasteiger partial charge is 0.423 e. The number of amides is 1. The average Bonchev–Trinajstić information content (AvgIpc) is 2.88. The molecule has 3 rings (SSSR count). The third-order valence-electron chi connectivity index (χ3n) is 2.82. The minimum absolute atomic E-state index is 0.182. The number of fused-ring (bicyclic) bond motifs is 1. The lowest BCUT2D eigenvalue weighted by Gasteiger charge is -1.95. The summed E-state index contributed by atoms with van der Waals surface area (Å²) in [7, 11) is 0. The van der Waals surface area contributed by atoms with Crippen molar-refractivity contribution >= 4 is 40.7 Å². The second kappa shape index (κ2) is 5.81. The standard InChI is InChI=1S/C16H11ClN2O2/c17-12-8-5-11(6-9-12)7-10-15(20)19-16-18-13-3-1-2-4-14(13)21-16/h1-10H,(H,18,19,20)/b10-7+. The number of nitrogens with one attached hydrogen (secondary N) is 1. The molecule has 0 spiro atoms. The van der Waals surface area contributed by atoms with Crippen LogP contribution in [0.1, 0.15) is 5.56 Å². The van der Waals surface area contributed by atoms with Gasteiger partial charge >= 0.3 is 6.01 Å². The highest BCUT2D eigenvalue weighted by atomic mass is 35.5. The predicted molar refractivity (Wildman–Crippen MR) is 83.1 cm³/mol. The fourth-order valence-electron chi connectivity index (χ4n) is 1.82. The van der Waals surface area contributed by atoms with Crippen LogP contribution in [-0.4, -0.2) is 10.9 Å². The number of halogens is 1. The molecule has 1 aromatic heterocycles. The first kappa shape index (κ1) is 13.4. The number of rotatable bonds is 3. The monoisotopic (exact) mass is 298 g/mol. The Bertz CT molecular complexity index is 774. The van der Waals surface area contributed by atoms with Gasteiger partial charge in [0, 0.05) is 11.1 Å². The van der Waals surface area contributed by atoms with E-state index in [1.165, 1.54) is 6.08 Å². The van der Waals surface area contributed by atoms with Gasteiger partial charge in [0.25, 0.3) is 5.91 Å². The number of hydrogen-bond donors (Lipinski definition) is 1. The first-order valence-electron chi connectivity index (χ1n) is 6.31. The van der Waals surface area contributed by atoms with Gasteiger partial charge in [0.1, 0.15) is 5.52 Å². The highest BCUT2D eigenvalue weighted by Crippen LogP contribution is 2.18. The molecule has 0 aliphatic carbocycles. The van der Waals surface area contributed by atoms with Crippen LogP contribution >= 0.6 is 11.6 Å². The van der Waals surface area contributed by atoms with Gasteiger partial charge in [-0.1, -0.05) is 35.9 Å². The van der Waals surface area contributed by atoms with Gasteiger partial charge in [-0.05, 0) is 35.9 Å². The lowest BCUT2D eigenvalue weighted by atomic mass is 10.2. The zero-order valence-electron chi connectivity index (χ0n) is 10.9. The van der Waals surface area contributed by atoms with Crippen LogP contribution in [0.5, 0.6) is 0 Å². The van der Waals surface area contributed by atoms with Crippen molar-refractivity contribution in [3.63, 3.8) is 0 Å². The second-order valence-corrected chi connectivity index (χ2v) is 4.80. The highest BCUT2D eigenvalue weighted by Gasteiger charge is 2.06. The number of carbonyl (C=O) groups is 1. The molecule has 4 nitrogen and oxygen atoms in total. The Morgan fingerprint density at radius 1 is 1.14 bits per heavy atom. The summed E-state index contributed by atoms with van der Waals surface area (Å²) in [6, 6.07) is 14.7. The zero-order chi connectivity index (χ0) is 14.7. The van der Waals surface area contributed by atoms with Crippen LogP contribution in [-0.2, 0) is 4.79 Å². The van der Waals surface area contributed by atoms with Crippen molar-refractivity contribution in [2.45, 2.75) is 0 Å². The first-order valence-corrected chi connectivity index (χ1v) is 6.69. The van der Waals surface area contributed by atoms with E-state index >= 15 is 0 Å². The van der Waals surface area contributed by atoms with E-state index in [9.17, 15) is 4.79 Å². The van der Waals surface area contributed by atoms with E-state index in [0.717, 1.165) is 5.56 Å². The van der Waals surface area contributed by atoms with Crippen molar-refractivity contribution in [1.29, 1.82) is 0 Å². The topological polar surface area (TPSA) is 55.1 Å². The van der Waals surface area contributed by atoms with Crippen LogP contribution in [0.3, 0.4) is 0 Å². The first-order chi connectivity index (χ1) is 10.2. The number of hydrogen-bond acceptors (Lipinski definition) is 3. The molecule has 1 amide bonds. The molecule has 0 atom stereocenters. The SMILES string of the molecule is O=C(/C=C/c1ccc(Cl)cc1)Nc1nc2ccccc2o1. The van der Waals surface area contributed by atoms with Crippen LogP contribution < -0.4 is 5.32 Å². The predicted octanol–water partition coefficient (Wildman–Crippen LogP) is 4.13. The summed E-state index contributed by atoms with van der Waals surface area (Å²) in [5, 5.41) is 3.24. The minimum atomic E-state index is -0.309. The number of anilines is 1. The van der Waals surface area contributed by atoms with E-state index in [2.05, 4.69) is 10.3 Å². The van der Waals surface area contributed by atoms with E-state index in [4.69, 9.17) is 16.0 Å². The van der Waals surface area contributed by atoms with Gasteiger partial charge in [0.15, 0.2) is 5.58 Å². The van der Waals surface area contributed by atoms with Crippen molar-refractivity contribution in [2.75, 3.05) is 5.32 Å². The Morgan fingerprint density at radius 2 is 1.90 bits per heavy atom. The Hall–Kier alpha value is -2.59. The van der Waals surface area contributed by atoms with Gasteiger partial charge < -0.3 is 4.42 Å². The fraction of sp³-hybridized carbons (Fsp3) is 0. The van der Waals surface area contributed by atoms with Crippen molar-refractivity contribution in [2.24, 2.45) is 0 Å². The minimum Gasteiger partial charge on any atom is -0.423 e. The molecule has 1 heterocycles. The molecule has 21 heavy (non-hydrogen) atoms. The molecule has 0 saturated heterocycles. The Kier molecular flexibility index (Phi) is 3.71. The summed E-state index contributed by atoms with van der Waals surface area (Å²) in [6.45, 7) is 0. The van der Waals surface area contributed by atoms with Crippen molar-refractivity contribution in [1.82, 2.24) is 4.98 Å². The highest BCUT2D eigenvalue weighted by molar-refractivity contribution is 6.30. The maximum absolute atomic E-state index is 11.8. The number of carbonyl (C=O) groups excluding carboxylic acids is 1. The van der Waals surface area contributed by atoms with Gasteiger partial charge in [0.2, 0.25) is 0 Å². The molecule has 0 saturated carbocycles. The van der Waals surface area contributed by atoms with Crippen LogP contribution in [0.4, 0.5) is 6.01 Å². The number of benzene rings is 2. The fourth-order valence-corrected chi connectivity index (χ4v) is 1.94. The summed E-state index contributed by atoms with van der Waals surface area (Å²) >= 11 is 5.80. The van der Waals surface area contributed by atoms with Gasteiger partial charge in [-0.15, -0.1) is 0 Å². The third-order valence-corrected chi connectivity index (χ3v) is 3.07. The summed E-state index contributed by atoms with van der Waals surface area (Å²) in [4.78, 5) is 16.0. The number of nitrogens with zero attached hydrogens (tertiary/aromatic N) is 1. The lowest BCUT2D eigenvalue weighted by molar-refractivity contribution is -0.112. The second-order valence-electron chi connectivity index (χ2n) is 4.36. The van der Waals surface area contributed by atoms with E-state index in [0.29, 0.717) is 16.1 Å². The van der Waals surface area contributed by atoms with Crippen LogP contribution in [0.15, 0.2) is 59.0 Å². The Morgan fingerprint density at radius 3 is 2.67 bits per heavy atom. The molecule has 2 aromatic carbocycles. The zero-order valence-corrected chi connectivity index (χ0v) is 11.7. The molecule has 0 radical (unpaired) electrons. The number of aromatic nitrogens is 1.